The molecule has 0 unspecified atom stereocenters. The van der Waals surface area contributed by atoms with E-state index in [4.69, 9.17) is 9.84 Å². The number of carbonyl (C=O) groups is 1. The molecule has 0 saturated heterocycles. The zero-order valence-electron chi connectivity index (χ0n) is 11.3. The molecule has 0 atom stereocenters. The van der Waals surface area contributed by atoms with Gasteiger partial charge in [0, 0.05) is 18.4 Å². The summed E-state index contributed by atoms with van der Waals surface area (Å²) >= 11 is 0. The smallest absolute Gasteiger partial charge is 0.140 e. The predicted molar refractivity (Wildman–Crippen MR) is 65.4 cm³/mol. The van der Waals surface area contributed by atoms with E-state index in [0.717, 1.165) is 6.42 Å². The summed E-state index contributed by atoms with van der Waals surface area (Å²) in [5.41, 5.74) is -0.288. The Morgan fingerprint density at radius 1 is 1.19 bits per heavy atom. The molecule has 3 nitrogen and oxygen atoms in total. The Hall–Kier alpha value is -0.410. The zero-order valence-corrected chi connectivity index (χ0v) is 11.3. The van der Waals surface area contributed by atoms with Crippen LogP contribution in [-0.2, 0) is 9.53 Å². The number of ether oxygens (including phenoxy) is 1. The molecule has 0 fully saturated rings. The average molecular weight is 230 g/mol. The van der Waals surface area contributed by atoms with Crippen molar-refractivity contribution in [3.8, 4) is 0 Å². The fourth-order valence-corrected chi connectivity index (χ4v) is 1.26. The van der Waals surface area contributed by atoms with Gasteiger partial charge in [0.2, 0.25) is 0 Å². The van der Waals surface area contributed by atoms with E-state index in [0.29, 0.717) is 19.6 Å². The molecule has 16 heavy (non-hydrogen) atoms. The van der Waals surface area contributed by atoms with Crippen molar-refractivity contribution in [3.05, 3.63) is 0 Å². The van der Waals surface area contributed by atoms with Crippen LogP contribution in [0.4, 0.5) is 0 Å². The van der Waals surface area contributed by atoms with Gasteiger partial charge in [0.05, 0.1) is 13.2 Å². The Kier molecular flexibility index (Phi) is 6.19. The van der Waals surface area contributed by atoms with Crippen molar-refractivity contribution in [2.75, 3.05) is 19.8 Å². The lowest BCUT2D eigenvalue weighted by Gasteiger charge is -2.23. The Bertz CT molecular complexity index is 214. The summed E-state index contributed by atoms with van der Waals surface area (Å²) < 4.78 is 5.48. The minimum absolute atomic E-state index is 0.0144. The van der Waals surface area contributed by atoms with Gasteiger partial charge in [-0.1, -0.05) is 34.6 Å². The van der Waals surface area contributed by atoms with E-state index >= 15 is 0 Å². The van der Waals surface area contributed by atoms with Crippen LogP contribution in [0.15, 0.2) is 0 Å². The van der Waals surface area contributed by atoms with E-state index in [2.05, 4.69) is 13.8 Å². The highest BCUT2D eigenvalue weighted by atomic mass is 16.5. The number of aliphatic hydroxyl groups is 1. The second kappa shape index (κ2) is 6.36. The summed E-state index contributed by atoms with van der Waals surface area (Å²) in [6.45, 7) is 11.1. The van der Waals surface area contributed by atoms with Crippen LogP contribution < -0.4 is 0 Å². The highest BCUT2D eigenvalue weighted by Crippen LogP contribution is 2.20. The molecular formula is C13H26O3. The van der Waals surface area contributed by atoms with Crippen molar-refractivity contribution < 1.29 is 14.6 Å². The highest BCUT2D eigenvalue weighted by molar-refractivity contribution is 5.83. The van der Waals surface area contributed by atoms with E-state index in [1.54, 1.807) is 0 Å². The van der Waals surface area contributed by atoms with Crippen molar-refractivity contribution in [3.63, 3.8) is 0 Å². The molecule has 0 rings (SSSR count). The number of ketones is 1. The molecule has 0 bridgehead atoms. The van der Waals surface area contributed by atoms with Gasteiger partial charge in [0.25, 0.3) is 0 Å². The van der Waals surface area contributed by atoms with Gasteiger partial charge in [-0.25, -0.2) is 0 Å². The first-order valence-electron chi connectivity index (χ1n) is 5.91. The molecule has 0 aliphatic heterocycles. The van der Waals surface area contributed by atoms with Crippen molar-refractivity contribution >= 4 is 5.78 Å². The summed E-state index contributed by atoms with van der Waals surface area (Å²) in [5.74, 6) is 0.229. The summed E-state index contributed by atoms with van der Waals surface area (Å²) in [7, 11) is 0. The van der Waals surface area contributed by atoms with Crippen molar-refractivity contribution in [2.45, 2.75) is 47.5 Å². The van der Waals surface area contributed by atoms with Gasteiger partial charge in [-0.2, -0.15) is 0 Å². The number of hydrogen-bond donors (Lipinski definition) is 1. The molecule has 96 valence electrons. The monoisotopic (exact) mass is 230 g/mol. The third-order valence-electron chi connectivity index (χ3n) is 2.59. The maximum Gasteiger partial charge on any atom is 0.140 e. The first-order valence-corrected chi connectivity index (χ1v) is 5.91. The third kappa shape index (κ3) is 6.96. The van der Waals surface area contributed by atoms with Gasteiger partial charge in [-0.15, -0.1) is 0 Å². The molecular weight excluding hydrogens is 204 g/mol. The lowest BCUT2D eigenvalue weighted by Crippen LogP contribution is -2.24. The normalized spacial score (nSPS) is 12.9. The first kappa shape index (κ1) is 15.6. The molecule has 0 aliphatic rings. The molecule has 0 amide bonds. The molecule has 0 aromatic carbocycles. The Morgan fingerprint density at radius 3 is 2.19 bits per heavy atom. The second-order valence-electron chi connectivity index (χ2n) is 6.11. The second-order valence-corrected chi connectivity index (χ2v) is 6.11. The molecule has 0 heterocycles. The van der Waals surface area contributed by atoms with E-state index in [9.17, 15) is 4.79 Å². The highest BCUT2D eigenvalue weighted by Gasteiger charge is 2.21. The van der Waals surface area contributed by atoms with Gasteiger partial charge in [0.15, 0.2) is 0 Å². The maximum absolute atomic E-state index is 11.6. The molecule has 0 saturated carbocycles. The first-order chi connectivity index (χ1) is 7.19. The largest absolute Gasteiger partial charge is 0.396 e. The van der Waals surface area contributed by atoms with Gasteiger partial charge in [0.1, 0.15) is 5.78 Å². The van der Waals surface area contributed by atoms with Crippen LogP contribution in [-0.4, -0.2) is 30.7 Å². The zero-order chi connectivity index (χ0) is 12.8. The lowest BCUT2D eigenvalue weighted by atomic mass is 9.89. The van der Waals surface area contributed by atoms with E-state index < -0.39 is 0 Å². The van der Waals surface area contributed by atoms with Crippen LogP contribution in [0, 0.1) is 10.8 Å². The molecule has 0 spiro atoms. The van der Waals surface area contributed by atoms with Crippen LogP contribution in [0.3, 0.4) is 0 Å². The number of rotatable bonds is 7. The van der Waals surface area contributed by atoms with Crippen molar-refractivity contribution in [2.24, 2.45) is 10.8 Å². The molecule has 0 aromatic heterocycles. The molecule has 1 N–H and O–H groups in total. The standard InChI is InChI=1S/C13H26O3/c1-12(2,3)11(15)6-9-16-10-13(4,5)7-8-14/h14H,6-10H2,1-5H3. The van der Waals surface area contributed by atoms with Crippen LogP contribution in [0.2, 0.25) is 0 Å². The maximum atomic E-state index is 11.6. The van der Waals surface area contributed by atoms with Crippen molar-refractivity contribution in [1.82, 2.24) is 0 Å². The summed E-state index contributed by atoms with van der Waals surface area (Å²) in [4.78, 5) is 11.6. The van der Waals surface area contributed by atoms with Gasteiger partial charge in [-0.3, -0.25) is 4.79 Å². The number of Topliss-reactive ketones (excluding diaryl/α,β-unsaturated/α-hetero) is 1. The molecule has 0 aliphatic carbocycles. The van der Waals surface area contributed by atoms with Crippen molar-refractivity contribution in [1.29, 1.82) is 0 Å². The van der Waals surface area contributed by atoms with E-state index in [-0.39, 0.29) is 23.2 Å². The SMILES string of the molecule is CC(C)(CCO)COCCC(=O)C(C)(C)C. The minimum atomic E-state index is -0.274. The number of carbonyl (C=O) groups excluding carboxylic acids is 1. The van der Waals surface area contributed by atoms with Gasteiger partial charge < -0.3 is 9.84 Å². The molecule has 0 aromatic rings. The topological polar surface area (TPSA) is 46.5 Å². The summed E-state index contributed by atoms with van der Waals surface area (Å²) in [6, 6.07) is 0. The molecule has 3 heteroatoms. The molecule has 0 radical (unpaired) electrons. The van der Waals surface area contributed by atoms with Crippen LogP contribution in [0.5, 0.6) is 0 Å². The average Bonchev–Trinajstić information content (AvgIpc) is 2.10. The summed E-state index contributed by atoms with van der Waals surface area (Å²) in [6.07, 6.45) is 1.19. The third-order valence-corrected chi connectivity index (χ3v) is 2.59. The number of aliphatic hydroxyl groups excluding tert-OH is 1. The lowest BCUT2D eigenvalue weighted by molar-refractivity contribution is -0.127. The van der Waals surface area contributed by atoms with Crippen LogP contribution >= 0.6 is 0 Å². The van der Waals surface area contributed by atoms with E-state index in [1.807, 2.05) is 20.8 Å². The fraction of sp³-hybridized carbons (Fsp3) is 0.923. The van der Waals surface area contributed by atoms with Gasteiger partial charge >= 0.3 is 0 Å². The Morgan fingerprint density at radius 2 is 1.75 bits per heavy atom. The van der Waals surface area contributed by atoms with E-state index in [1.165, 1.54) is 0 Å². The minimum Gasteiger partial charge on any atom is -0.396 e. The van der Waals surface area contributed by atoms with Crippen LogP contribution in [0.25, 0.3) is 0 Å². The Balaban J connectivity index is 3.73. The fourth-order valence-electron chi connectivity index (χ4n) is 1.26. The quantitative estimate of drug-likeness (QED) is 0.683. The number of hydrogen-bond acceptors (Lipinski definition) is 3. The predicted octanol–water partition coefficient (Wildman–Crippen LogP) is 2.42. The summed E-state index contributed by atoms with van der Waals surface area (Å²) in [5, 5.41) is 8.84. The van der Waals surface area contributed by atoms with Gasteiger partial charge in [-0.05, 0) is 11.8 Å². The Labute approximate surface area is 99.2 Å². The van der Waals surface area contributed by atoms with Crippen LogP contribution in [0.1, 0.15) is 47.5 Å².